The molecule has 2 heterocycles. The molecule has 1 aromatic carbocycles. The minimum absolute atomic E-state index is 0.266. The van der Waals surface area contributed by atoms with Crippen molar-refractivity contribution >= 4 is 23.6 Å². The van der Waals surface area contributed by atoms with Gasteiger partial charge >= 0.3 is 6.09 Å². The van der Waals surface area contributed by atoms with Gasteiger partial charge in [-0.3, -0.25) is 9.69 Å². The molecule has 10 heteroatoms. The molecule has 0 unspecified atom stereocenters. The van der Waals surface area contributed by atoms with Crippen LogP contribution >= 0.6 is 11.6 Å². The van der Waals surface area contributed by atoms with E-state index in [1.165, 1.54) is 0 Å². The third-order valence-corrected chi connectivity index (χ3v) is 5.14. The highest BCUT2D eigenvalue weighted by Crippen LogP contribution is 2.17. The minimum Gasteiger partial charge on any atom is -0.444 e. The molecule has 2 amide bonds. The van der Waals surface area contributed by atoms with Crippen LogP contribution in [0.2, 0.25) is 5.02 Å². The number of halogens is 1. The number of carbonyl (C=O) groups excluding carboxylic acids is 2. The molecule has 1 aliphatic heterocycles. The monoisotopic (exact) mass is 448 g/mol. The number of piperazine rings is 1. The summed E-state index contributed by atoms with van der Waals surface area (Å²) >= 11 is 6.04. The first-order chi connectivity index (χ1) is 14.6. The van der Waals surface area contributed by atoms with Gasteiger partial charge in [0.05, 0.1) is 11.4 Å². The lowest BCUT2D eigenvalue weighted by Crippen LogP contribution is -2.51. The highest BCUT2D eigenvalue weighted by molar-refractivity contribution is 6.30. The molecule has 1 fully saturated rings. The molecule has 0 spiro atoms. The van der Waals surface area contributed by atoms with Crippen LogP contribution in [0, 0.1) is 6.92 Å². The van der Waals surface area contributed by atoms with Crippen LogP contribution in [0.1, 0.15) is 37.0 Å². The summed E-state index contributed by atoms with van der Waals surface area (Å²) in [6.07, 6.45) is -0.279. The van der Waals surface area contributed by atoms with E-state index in [1.54, 1.807) is 28.6 Å². The molecule has 0 atom stereocenters. The summed E-state index contributed by atoms with van der Waals surface area (Å²) in [5.74, 6) is -0.266. The Balaban J connectivity index is 1.46. The van der Waals surface area contributed by atoms with E-state index < -0.39 is 5.60 Å². The summed E-state index contributed by atoms with van der Waals surface area (Å²) in [6, 6.07) is 7.22. The predicted octanol–water partition coefficient (Wildman–Crippen LogP) is 2.51. The van der Waals surface area contributed by atoms with E-state index >= 15 is 0 Å². The van der Waals surface area contributed by atoms with Crippen molar-refractivity contribution in [2.24, 2.45) is 0 Å². The number of benzene rings is 1. The topological polar surface area (TPSA) is 92.6 Å². The van der Waals surface area contributed by atoms with E-state index in [-0.39, 0.29) is 17.7 Å². The van der Waals surface area contributed by atoms with Crippen molar-refractivity contribution in [3.8, 4) is 5.69 Å². The summed E-state index contributed by atoms with van der Waals surface area (Å²) in [6.45, 7) is 11.2. The fourth-order valence-corrected chi connectivity index (χ4v) is 3.47. The Morgan fingerprint density at radius 2 is 1.90 bits per heavy atom. The predicted molar refractivity (Wildman–Crippen MR) is 118 cm³/mol. The molecule has 31 heavy (non-hydrogen) atoms. The molecular formula is C21H29ClN6O3. The van der Waals surface area contributed by atoms with Crippen LogP contribution in [-0.4, -0.2) is 81.7 Å². The number of aromatic nitrogens is 3. The van der Waals surface area contributed by atoms with Gasteiger partial charge in [0.15, 0.2) is 5.69 Å². The van der Waals surface area contributed by atoms with Gasteiger partial charge in [0, 0.05) is 44.3 Å². The first kappa shape index (κ1) is 23.0. The van der Waals surface area contributed by atoms with Crippen LogP contribution in [0.4, 0.5) is 4.79 Å². The van der Waals surface area contributed by atoms with Crippen LogP contribution in [0.15, 0.2) is 24.3 Å². The summed E-state index contributed by atoms with van der Waals surface area (Å²) in [7, 11) is 0. The normalized spacial score (nSPS) is 15.1. The van der Waals surface area contributed by atoms with Gasteiger partial charge in [-0.25, -0.2) is 9.48 Å². The lowest BCUT2D eigenvalue weighted by molar-refractivity contribution is 0.0147. The standard InChI is InChI=1S/C21H29ClN6O3/c1-15-18(24-25-28(15)17-7-5-6-16(22)14-17)19(29)23-8-9-26-10-12-27(13-11-26)20(30)31-21(2,3)4/h5-7,14H,8-13H2,1-4H3,(H,23,29). The van der Waals surface area contributed by atoms with Crippen molar-refractivity contribution in [3.63, 3.8) is 0 Å². The van der Waals surface area contributed by atoms with Gasteiger partial charge in [0.1, 0.15) is 5.60 Å². The SMILES string of the molecule is Cc1c(C(=O)NCCN2CCN(C(=O)OC(C)(C)C)CC2)nnn1-c1cccc(Cl)c1. The number of carbonyl (C=O) groups is 2. The minimum atomic E-state index is -0.495. The summed E-state index contributed by atoms with van der Waals surface area (Å²) in [4.78, 5) is 28.6. The number of nitrogens with one attached hydrogen (secondary N) is 1. The first-order valence-electron chi connectivity index (χ1n) is 10.3. The molecule has 3 rings (SSSR count). The van der Waals surface area contributed by atoms with Crippen LogP contribution < -0.4 is 5.32 Å². The van der Waals surface area contributed by atoms with Gasteiger partial charge in [0.2, 0.25) is 0 Å². The van der Waals surface area contributed by atoms with E-state index in [1.807, 2.05) is 32.9 Å². The number of ether oxygens (including phenoxy) is 1. The number of hydrogen-bond acceptors (Lipinski definition) is 6. The Bertz CT molecular complexity index is 931. The van der Waals surface area contributed by atoms with Crippen LogP contribution in [-0.2, 0) is 4.74 Å². The van der Waals surface area contributed by atoms with Crippen LogP contribution in [0.5, 0.6) is 0 Å². The Labute approximate surface area is 187 Å². The molecule has 2 aromatic rings. The van der Waals surface area contributed by atoms with E-state index in [4.69, 9.17) is 16.3 Å². The second-order valence-electron chi connectivity index (χ2n) is 8.48. The number of amides is 2. The summed E-state index contributed by atoms with van der Waals surface area (Å²) in [5.41, 5.74) is 1.19. The number of hydrogen-bond donors (Lipinski definition) is 1. The van der Waals surface area contributed by atoms with Gasteiger partial charge < -0.3 is 15.0 Å². The van der Waals surface area contributed by atoms with Crippen molar-refractivity contribution in [1.29, 1.82) is 0 Å². The average molecular weight is 449 g/mol. The third kappa shape index (κ3) is 6.18. The quantitative estimate of drug-likeness (QED) is 0.755. The Hall–Kier alpha value is -2.65. The Morgan fingerprint density at radius 3 is 2.55 bits per heavy atom. The molecule has 1 aliphatic rings. The molecule has 0 saturated carbocycles. The molecule has 0 aliphatic carbocycles. The van der Waals surface area contributed by atoms with Gasteiger partial charge in [0.25, 0.3) is 5.91 Å². The highest BCUT2D eigenvalue weighted by atomic mass is 35.5. The van der Waals surface area contributed by atoms with Gasteiger partial charge in [-0.05, 0) is 45.9 Å². The highest BCUT2D eigenvalue weighted by Gasteiger charge is 2.26. The molecule has 1 saturated heterocycles. The second kappa shape index (κ2) is 9.65. The largest absolute Gasteiger partial charge is 0.444 e. The molecule has 168 valence electrons. The van der Waals surface area contributed by atoms with Crippen molar-refractivity contribution in [2.45, 2.75) is 33.3 Å². The van der Waals surface area contributed by atoms with E-state index in [0.717, 1.165) is 18.8 Å². The van der Waals surface area contributed by atoms with Gasteiger partial charge in [-0.2, -0.15) is 0 Å². The molecule has 9 nitrogen and oxygen atoms in total. The maximum atomic E-state index is 12.6. The third-order valence-electron chi connectivity index (χ3n) is 4.90. The zero-order valence-corrected chi connectivity index (χ0v) is 19.1. The molecule has 1 N–H and O–H groups in total. The molecule has 0 bridgehead atoms. The van der Waals surface area contributed by atoms with Crippen molar-refractivity contribution in [3.05, 3.63) is 40.7 Å². The van der Waals surface area contributed by atoms with Gasteiger partial charge in [-0.15, -0.1) is 5.10 Å². The number of nitrogens with zero attached hydrogens (tertiary/aromatic N) is 5. The lowest BCUT2D eigenvalue weighted by Gasteiger charge is -2.35. The lowest BCUT2D eigenvalue weighted by atomic mass is 10.2. The zero-order valence-electron chi connectivity index (χ0n) is 18.4. The van der Waals surface area contributed by atoms with Crippen molar-refractivity contribution in [1.82, 2.24) is 30.1 Å². The van der Waals surface area contributed by atoms with Crippen molar-refractivity contribution in [2.75, 3.05) is 39.3 Å². The summed E-state index contributed by atoms with van der Waals surface area (Å²) < 4.78 is 7.01. The van der Waals surface area contributed by atoms with E-state index in [2.05, 4.69) is 20.5 Å². The molecule has 1 aromatic heterocycles. The van der Waals surface area contributed by atoms with E-state index in [9.17, 15) is 9.59 Å². The zero-order chi connectivity index (χ0) is 22.6. The number of rotatable bonds is 5. The van der Waals surface area contributed by atoms with Gasteiger partial charge in [-0.1, -0.05) is 22.9 Å². The fraction of sp³-hybridized carbons (Fsp3) is 0.524. The van der Waals surface area contributed by atoms with Crippen LogP contribution in [0.3, 0.4) is 0 Å². The van der Waals surface area contributed by atoms with Crippen molar-refractivity contribution < 1.29 is 14.3 Å². The smallest absolute Gasteiger partial charge is 0.410 e. The maximum absolute atomic E-state index is 12.6. The first-order valence-corrected chi connectivity index (χ1v) is 10.7. The average Bonchev–Trinajstić information content (AvgIpc) is 3.08. The Morgan fingerprint density at radius 1 is 1.19 bits per heavy atom. The van der Waals surface area contributed by atoms with Crippen LogP contribution in [0.25, 0.3) is 5.69 Å². The summed E-state index contributed by atoms with van der Waals surface area (Å²) in [5, 5.41) is 11.6. The van der Waals surface area contributed by atoms with E-state index in [0.29, 0.717) is 36.9 Å². The second-order valence-corrected chi connectivity index (χ2v) is 8.92. The molecular weight excluding hydrogens is 420 g/mol. The molecule has 0 radical (unpaired) electrons. The fourth-order valence-electron chi connectivity index (χ4n) is 3.28. The maximum Gasteiger partial charge on any atom is 0.410 e. The Kier molecular flexibility index (Phi) is 7.17.